The van der Waals surface area contributed by atoms with Gasteiger partial charge >= 0.3 is 6.18 Å². The Morgan fingerprint density at radius 2 is 1.89 bits per heavy atom. The number of pyridine rings is 1. The molecule has 0 saturated carbocycles. The van der Waals surface area contributed by atoms with Gasteiger partial charge in [-0.3, -0.25) is 24.9 Å². The summed E-state index contributed by atoms with van der Waals surface area (Å²) >= 11 is 0. The van der Waals surface area contributed by atoms with E-state index >= 15 is 0 Å². The number of hydrogen-bond acceptors (Lipinski definition) is 7. The predicted octanol–water partition coefficient (Wildman–Crippen LogP) is 3.36. The lowest BCUT2D eigenvalue weighted by molar-refractivity contribution is -0.149. The number of anilines is 2. The van der Waals surface area contributed by atoms with Gasteiger partial charge in [0.2, 0.25) is 0 Å². The number of nitrogens with one attached hydrogen (secondary N) is 4. The molecule has 2 aromatic rings. The van der Waals surface area contributed by atoms with Crippen LogP contribution >= 0.6 is 0 Å². The topological polar surface area (TPSA) is 125 Å². The van der Waals surface area contributed by atoms with Crippen molar-refractivity contribution in [3.8, 4) is 0 Å². The highest BCUT2D eigenvalue weighted by Crippen LogP contribution is 2.41. The average Bonchev–Trinajstić information content (AvgIpc) is 3.29. The molecule has 1 unspecified atom stereocenters. The molecule has 2 bridgehead atoms. The summed E-state index contributed by atoms with van der Waals surface area (Å²) in [7, 11) is 1.70. The summed E-state index contributed by atoms with van der Waals surface area (Å²) in [6.45, 7) is 3.69. The first kappa shape index (κ1) is 26.8. The Hall–Kier alpha value is -4.22. The molecule has 3 heterocycles. The molecular weight excluding hydrogens is 499 g/mol. The Labute approximate surface area is 217 Å². The zero-order chi connectivity index (χ0) is 27.8. The number of allylic oxidation sites excluding steroid dienone is 1. The van der Waals surface area contributed by atoms with Crippen LogP contribution in [0.3, 0.4) is 0 Å². The van der Waals surface area contributed by atoms with Gasteiger partial charge < -0.3 is 20.9 Å². The van der Waals surface area contributed by atoms with Gasteiger partial charge in [-0.25, -0.2) is 0 Å². The van der Waals surface area contributed by atoms with Crippen molar-refractivity contribution in [3.63, 3.8) is 0 Å². The number of carbonyl (C=O) groups excluding carboxylic acids is 2. The first-order chi connectivity index (χ1) is 17.9. The maximum Gasteiger partial charge on any atom is 0.408 e. The van der Waals surface area contributed by atoms with E-state index < -0.39 is 24.0 Å². The Morgan fingerprint density at radius 1 is 1.16 bits per heavy atom. The molecule has 1 aromatic heterocycles. The van der Waals surface area contributed by atoms with E-state index in [4.69, 9.17) is 10.8 Å². The minimum absolute atomic E-state index is 0.0184. The van der Waals surface area contributed by atoms with Gasteiger partial charge in [-0.05, 0) is 56.2 Å². The lowest BCUT2D eigenvalue weighted by Gasteiger charge is -2.37. The fraction of sp³-hybridized carbons (Fsp3) is 0.346. The molecule has 2 aliphatic rings. The van der Waals surface area contributed by atoms with Gasteiger partial charge in [0, 0.05) is 49.4 Å². The van der Waals surface area contributed by atoms with Crippen molar-refractivity contribution < 1.29 is 22.8 Å². The summed E-state index contributed by atoms with van der Waals surface area (Å²) in [4.78, 5) is 34.0. The van der Waals surface area contributed by atoms with Crippen LogP contribution in [-0.2, 0) is 4.79 Å². The van der Waals surface area contributed by atoms with Gasteiger partial charge in [-0.2, -0.15) is 13.2 Å². The molecule has 1 aromatic carbocycles. The number of fused-ring (bicyclic) bond motifs is 4. The second-order valence-corrected chi connectivity index (χ2v) is 9.28. The normalized spacial score (nSPS) is 17.5. The molecule has 0 spiro atoms. The Balaban J connectivity index is 1.67. The summed E-state index contributed by atoms with van der Waals surface area (Å²) < 4.78 is 38.9. The zero-order valence-electron chi connectivity index (χ0n) is 21.1. The van der Waals surface area contributed by atoms with Crippen molar-refractivity contribution in [1.82, 2.24) is 15.6 Å². The van der Waals surface area contributed by atoms with E-state index in [1.807, 2.05) is 10.2 Å². The highest BCUT2D eigenvalue weighted by atomic mass is 19.4. The van der Waals surface area contributed by atoms with Gasteiger partial charge in [0.1, 0.15) is 11.8 Å². The second-order valence-electron chi connectivity index (χ2n) is 9.28. The van der Waals surface area contributed by atoms with Crippen molar-refractivity contribution in [2.24, 2.45) is 0 Å². The van der Waals surface area contributed by atoms with Crippen molar-refractivity contribution in [2.75, 3.05) is 29.9 Å². The van der Waals surface area contributed by atoms with E-state index in [1.54, 1.807) is 38.4 Å². The number of hydrogen-bond donors (Lipinski definition) is 4. The third-order valence-corrected chi connectivity index (χ3v) is 6.66. The van der Waals surface area contributed by atoms with E-state index in [0.29, 0.717) is 42.0 Å². The maximum atomic E-state index is 13.7. The molecule has 1 fully saturated rings. The monoisotopic (exact) mass is 527 g/mol. The quantitative estimate of drug-likeness (QED) is 0.411. The van der Waals surface area contributed by atoms with Crippen LogP contribution in [0.1, 0.15) is 41.9 Å². The third-order valence-electron chi connectivity index (χ3n) is 6.66. The standard InChI is InChI=1S/C26H28F3N7O2/c1-14(30)19(12-32-3)16-6-8-33-20(10-16)23(31)25(38)36-18-7-9-35(13-18)21-5-4-17(11-22(21)36)24(37)34-15(2)26(27,28)29/h4-6,8,10-12,15,18,30-32H,7,9,13H2,1-3H3,(H,34,37)/b19-12+,30-14?,31-23?/t15-,18?/m1/s1. The summed E-state index contributed by atoms with van der Waals surface area (Å²) in [5, 5.41) is 21.5. The number of amides is 2. The lowest BCUT2D eigenvalue weighted by Crippen LogP contribution is -2.49. The first-order valence-corrected chi connectivity index (χ1v) is 12.0. The van der Waals surface area contributed by atoms with Crippen LogP contribution in [-0.4, -0.2) is 66.6 Å². The Kier molecular flexibility index (Phi) is 7.25. The van der Waals surface area contributed by atoms with Crippen molar-refractivity contribution in [3.05, 3.63) is 59.5 Å². The SMILES string of the molecule is CN/C=C(\C(C)=N)c1ccnc(C(=N)C(=O)N2c3cc(C(=O)N[C@H](C)C(F)(F)F)ccc3N3CCC2C3)c1. The van der Waals surface area contributed by atoms with E-state index in [-0.39, 0.29) is 28.7 Å². The van der Waals surface area contributed by atoms with Gasteiger partial charge in [-0.1, -0.05) is 0 Å². The number of alkyl halides is 3. The van der Waals surface area contributed by atoms with E-state index in [0.717, 1.165) is 6.92 Å². The van der Waals surface area contributed by atoms with Crippen molar-refractivity contribution in [2.45, 2.75) is 38.5 Å². The fourth-order valence-electron chi connectivity index (χ4n) is 4.65. The number of aromatic nitrogens is 1. The smallest absolute Gasteiger partial charge is 0.393 e. The molecule has 2 aliphatic heterocycles. The largest absolute Gasteiger partial charge is 0.408 e. The zero-order valence-corrected chi connectivity index (χ0v) is 21.1. The van der Waals surface area contributed by atoms with E-state index in [2.05, 4.69) is 10.3 Å². The highest BCUT2D eigenvalue weighted by Gasteiger charge is 2.41. The van der Waals surface area contributed by atoms with E-state index in [9.17, 15) is 22.8 Å². The molecule has 0 aliphatic carbocycles. The van der Waals surface area contributed by atoms with Crippen molar-refractivity contribution >= 4 is 40.2 Å². The molecule has 4 rings (SSSR count). The number of benzene rings is 1. The fourth-order valence-corrected chi connectivity index (χ4v) is 4.65. The van der Waals surface area contributed by atoms with Crippen LogP contribution in [0.25, 0.3) is 5.57 Å². The third kappa shape index (κ3) is 5.11. The number of rotatable bonds is 7. The number of nitrogens with zero attached hydrogens (tertiary/aromatic N) is 3. The molecule has 1 saturated heterocycles. The number of carbonyl (C=O) groups is 2. The minimum atomic E-state index is -4.59. The summed E-state index contributed by atoms with van der Waals surface area (Å²) in [5.74, 6) is -1.54. The van der Waals surface area contributed by atoms with Gasteiger partial charge in [0.15, 0.2) is 0 Å². The Bertz CT molecular complexity index is 1340. The molecule has 200 valence electrons. The molecule has 2 atom stereocenters. The summed E-state index contributed by atoms with van der Waals surface area (Å²) in [6.07, 6.45) is -0.848. The highest BCUT2D eigenvalue weighted by molar-refractivity contribution is 6.48. The predicted molar refractivity (Wildman–Crippen MR) is 139 cm³/mol. The van der Waals surface area contributed by atoms with Crippen LogP contribution in [0.5, 0.6) is 0 Å². The number of halogens is 3. The molecular formula is C26H28F3N7O2. The second kappa shape index (κ2) is 10.3. The molecule has 2 amide bonds. The van der Waals surface area contributed by atoms with Gasteiger partial charge in [-0.15, -0.1) is 0 Å². The molecule has 38 heavy (non-hydrogen) atoms. The van der Waals surface area contributed by atoms with Crippen LogP contribution in [0.15, 0.2) is 42.7 Å². The van der Waals surface area contributed by atoms with Crippen LogP contribution in [0.2, 0.25) is 0 Å². The van der Waals surface area contributed by atoms with E-state index in [1.165, 1.54) is 23.2 Å². The molecule has 4 N–H and O–H groups in total. The molecule has 12 heteroatoms. The maximum absolute atomic E-state index is 13.7. The molecule has 0 radical (unpaired) electrons. The average molecular weight is 528 g/mol. The van der Waals surface area contributed by atoms with Crippen LogP contribution in [0, 0.1) is 10.8 Å². The summed E-state index contributed by atoms with van der Waals surface area (Å²) in [5.41, 5.74) is 2.23. The molecule has 9 nitrogen and oxygen atoms in total. The van der Waals surface area contributed by atoms with Gasteiger partial charge in [0.05, 0.1) is 23.1 Å². The minimum Gasteiger partial charge on any atom is -0.393 e. The van der Waals surface area contributed by atoms with Crippen LogP contribution < -0.4 is 20.4 Å². The van der Waals surface area contributed by atoms with Crippen molar-refractivity contribution in [1.29, 1.82) is 10.8 Å². The first-order valence-electron chi connectivity index (χ1n) is 12.0. The Morgan fingerprint density at radius 3 is 2.55 bits per heavy atom. The van der Waals surface area contributed by atoms with Crippen LogP contribution in [0.4, 0.5) is 24.5 Å². The van der Waals surface area contributed by atoms with Gasteiger partial charge in [0.25, 0.3) is 11.8 Å². The lowest BCUT2D eigenvalue weighted by atomic mass is 10.0. The summed E-state index contributed by atoms with van der Waals surface area (Å²) in [6, 6.07) is 5.39.